The van der Waals surface area contributed by atoms with Gasteiger partial charge in [-0.3, -0.25) is 4.40 Å². The zero-order valence-corrected chi connectivity index (χ0v) is 24.2. The van der Waals surface area contributed by atoms with Gasteiger partial charge in [0.1, 0.15) is 5.65 Å². The van der Waals surface area contributed by atoms with Crippen LogP contribution in [-0.4, -0.2) is 24.3 Å². The Kier molecular flexibility index (Phi) is 5.74. The van der Waals surface area contributed by atoms with Gasteiger partial charge in [-0.15, -0.1) is 0 Å². The number of nitrogens with zero attached hydrogens (tertiary/aromatic N) is 5. The lowest BCUT2D eigenvalue weighted by Crippen LogP contribution is -2.00. The summed E-state index contributed by atoms with van der Waals surface area (Å²) in [5.74, 6) is 1.95. The van der Waals surface area contributed by atoms with Gasteiger partial charge >= 0.3 is 0 Å². The van der Waals surface area contributed by atoms with E-state index in [2.05, 4.69) is 89.5 Å². The Hall–Kier alpha value is -6.20. The number of aromatic nitrogens is 5. The fourth-order valence-corrected chi connectivity index (χ4v) is 6.29. The maximum absolute atomic E-state index is 5.02. The van der Waals surface area contributed by atoms with E-state index in [9.17, 15) is 0 Å². The molecule has 0 spiro atoms. The lowest BCUT2D eigenvalue weighted by atomic mass is 9.95. The molecular formula is C40H25N5. The van der Waals surface area contributed by atoms with Crippen molar-refractivity contribution in [2.75, 3.05) is 0 Å². The molecular weight excluding hydrogens is 550 g/mol. The molecule has 6 aromatic carbocycles. The van der Waals surface area contributed by atoms with Crippen molar-refractivity contribution in [2.24, 2.45) is 0 Å². The number of pyridine rings is 1. The van der Waals surface area contributed by atoms with E-state index in [1.807, 2.05) is 66.7 Å². The molecule has 0 fully saturated rings. The molecule has 9 aromatic rings. The van der Waals surface area contributed by atoms with E-state index in [-0.39, 0.29) is 0 Å². The van der Waals surface area contributed by atoms with Crippen molar-refractivity contribution in [1.29, 1.82) is 0 Å². The van der Waals surface area contributed by atoms with Crippen LogP contribution >= 0.6 is 0 Å². The van der Waals surface area contributed by atoms with Gasteiger partial charge < -0.3 is 0 Å². The number of benzene rings is 6. The average Bonchev–Trinajstić information content (AvgIpc) is 3.52. The van der Waals surface area contributed by atoms with Crippen LogP contribution in [0.3, 0.4) is 0 Å². The minimum Gasteiger partial charge on any atom is -0.299 e. The molecule has 0 bridgehead atoms. The third kappa shape index (κ3) is 4.25. The van der Waals surface area contributed by atoms with Crippen molar-refractivity contribution >= 4 is 38.2 Å². The van der Waals surface area contributed by atoms with Crippen LogP contribution in [0.15, 0.2) is 152 Å². The van der Waals surface area contributed by atoms with E-state index in [0.29, 0.717) is 17.5 Å². The van der Waals surface area contributed by atoms with Crippen molar-refractivity contribution < 1.29 is 0 Å². The summed E-state index contributed by atoms with van der Waals surface area (Å²) >= 11 is 0. The molecule has 210 valence electrons. The first-order chi connectivity index (χ1) is 22.3. The van der Waals surface area contributed by atoms with E-state index >= 15 is 0 Å². The van der Waals surface area contributed by atoms with Crippen LogP contribution in [0.4, 0.5) is 0 Å². The quantitative estimate of drug-likeness (QED) is 0.196. The van der Waals surface area contributed by atoms with Crippen LogP contribution in [0.25, 0.3) is 83.5 Å². The van der Waals surface area contributed by atoms with Crippen molar-refractivity contribution in [3.05, 3.63) is 152 Å². The van der Waals surface area contributed by atoms with E-state index in [1.165, 1.54) is 16.2 Å². The second-order valence-corrected chi connectivity index (χ2v) is 11.2. The van der Waals surface area contributed by atoms with Gasteiger partial charge in [-0.1, -0.05) is 121 Å². The molecule has 0 unspecified atom stereocenters. The predicted molar refractivity (Wildman–Crippen MR) is 183 cm³/mol. The summed E-state index contributed by atoms with van der Waals surface area (Å²) < 4.78 is 2.19. The zero-order valence-electron chi connectivity index (χ0n) is 24.2. The minimum atomic E-state index is 0.642. The maximum Gasteiger partial charge on any atom is 0.164 e. The van der Waals surface area contributed by atoms with Gasteiger partial charge in [-0.2, -0.15) is 0 Å². The molecule has 3 aromatic heterocycles. The van der Waals surface area contributed by atoms with Gasteiger partial charge in [0.25, 0.3) is 0 Å². The highest BCUT2D eigenvalue weighted by Crippen LogP contribution is 2.38. The Balaban J connectivity index is 1.23. The summed E-state index contributed by atoms with van der Waals surface area (Å²) in [5.41, 5.74) is 8.17. The third-order valence-corrected chi connectivity index (χ3v) is 8.43. The molecule has 0 aliphatic heterocycles. The van der Waals surface area contributed by atoms with Gasteiger partial charge in [0.2, 0.25) is 0 Å². The van der Waals surface area contributed by atoms with E-state index in [4.69, 9.17) is 19.9 Å². The standard InChI is InChI=1S/C40H25N5/c1-3-12-26(13-4-1)38-42-39(27-14-5-2-6-15-27)44-40(43-38)30-17-11-16-28(24-30)29-21-22-33-34(25-29)31-18-7-8-19-32(31)36-37(33)45-23-10-9-20-35(45)41-36/h1-25H. The van der Waals surface area contributed by atoms with Gasteiger partial charge in [-0.25, -0.2) is 19.9 Å². The Morgan fingerprint density at radius 2 is 0.933 bits per heavy atom. The highest BCUT2D eigenvalue weighted by atomic mass is 15.0. The molecule has 5 heteroatoms. The molecule has 0 saturated heterocycles. The van der Waals surface area contributed by atoms with Crippen LogP contribution < -0.4 is 0 Å². The van der Waals surface area contributed by atoms with Crippen LogP contribution in [0.1, 0.15) is 0 Å². The topological polar surface area (TPSA) is 56.0 Å². The highest BCUT2D eigenvalue weighted by Gasteiger charge is 2.16. The lowest BCUT2D eigenvalue weighted by molar-refractivity contribution is 1.07. The fraction of sp³-hybridized carbons (Fsp3) is 0. The van der Waals surface area contributed by atoms with Crippen molar-refractivity contribution in [1.82, 2.24) is 24.3 Å². The summed E-state index contributed by atoms with van der Waals surface area (Å²) in [6.45, 7) is 0. The monoisotopic (exact) mass is 575 g/mol. The molecule has 0 N–H and O–H groups in total. The van der Waals surface area contributed by atoms with Crippen LogP contribution in [0, 0.1) is 0 Å². The minimum absolute atomic E-state index is 0.642. The Bertz CT molecular complexity index is 2480. The second-order valence-electron chi connectivity index (χ2n) is 11.2. The molecule has 0 radical (unpaired) electrons. The number of hydrogen-bond acceptors (Lipinski definition) is 4. The van der Waals surface area contributed by atoms with Crippen LogP contribution in [0.2, 0.25) is 0 Å². The Morgan fingerprint density at radius 1 is 0.356 bits per heavy atom. The largest absolute Gasteiger partial charge is 0.299 e. The average molecular weight is 576 g/mol. The molecule has 0 aliphatic carbocycles. The van der Waals surface area contributed by atoms with Crippen LogP contribution in [0.5, 0.6) is 0 Å². The Labute approximate surface area is 259 Å². The highest BCUT2D eigenvalue weighted by molar-refractivity contribution is 6.24. The first-order valence-corrected chi connectivity index (χ1v) is 15.0. The molecule has 0 atom stereocenters. The molecule has 3 heterocycles. The van der Waals surface area contributed by atoms with E-state index < -0.39 is 0 Å². The smallest absolute Gasteiger partial charge is 0.164 e. The SMILES string of the molecule is c1ccc(-c2nc(-c3ccccc3)nc(-c3cccc(-c4ccc5c(c4)c4ccccc4c4nc6ccccn6c54)c3)n2)cc1. The first-order valence-electron chi connectivity index (χ1n) is 15.0. The molecule has 0 saturated carbocycles. The summed E-state index contributed by atoms with van der Waals surface area (Å²) in [6.07, 6.45) is 2.10. The normalized spacial score (nSPS) is 11.6. The number of imidazole rings is 1. The van der Waals surface area contributed by atoms with Gasteiger partial charge in [0.05, 0.1) is 11.0 Å². The van der Waals surface area contributed by atoms with E-state index in [1.54, 1.807) is 0 Å². The molecule has 0 amide bonds. The summed E-state index contributed by atoms with van der Waals surface area (Å²) in [6, 6.07) is 50.1. The second kappa shape index (κ2) is 10.2. The molecule has 9 rings (SSSR count). The number of fused-ring (bicyclic) bond motifs is 8. The molecule has 0 aliphatic rings. The fourth-order valence-electron chi connectivity index (χ4n) is 6.29. The predicted octanol–water partition coefficient (Wildman–Crippen LogP) is 9.65. The number of hydrogen-bond donors (Lipinski definition) is 0. The summed E-state index contributed by atoms with van der Waals surface area (Å²) in [5, 5.41) is 4.73. The van der Waals surface area contributed by atoms with Gasteiger partial charge in [-0.05, 0) is 46.2 Å². The number of rotatable bonds is 4. The molecule has 45 heavy (non-hydrogen) atoms. The lowest BCUT2D eigenvalue weighted by Gasteiger charge is -2.11. The van der Waals surface area contributed by atoms with Crippen molar-refractivity contribution in [2.45, 2.75) is 0 Å². The first kappa shape index (κ1) is 25.3. The third-order valence-electron chi connectivity index (χ3n) is 8.43. The van der Waals surface area contributed by atoms with Gasteiger partial charge in [0, 0.05) is 33.7 Å². The summed E-state index contributed by atoms with van der Waals surface area (Å²) in [7, 11) is 0. The van der Waals surface area contributed by atoms with E-state index in [0.717, 1.165) is 49.9 Å². The van der Waals surface area contributed by atoms with Gasteiger partial charge in [0.15, 0.2) is 17.5 Å². The Morgan fingerprint density at radius 3 is 1.67 bits per heavy atom. The van der Waals surface area contributed by atoms with Crippen molar-refractivity contribution in [3.8, 4) is 45.3 Å². The maximum atomic E-state index is 5.02. The summed E-state index contributed by atoms with van der Waals surface area (Å²) in [4.78, 5) is 19.8. The van der Waals surface area contributed by atoms with Crippen molar-refractivity contribution in [3.63, 3.8) is 0 Å². The molecule has 5 nitrogen and oxygen atoms in total. The zero-order chi connectivity index (χ0) is 29.7. The van der Waals surface area contributed by atoms with Crippen LogP contribution in [-0.2, 0) is 0 Å².